The minimum atomic E-state index is -0.0935. The Morgan fingerprint density at radius 1 is 1.36 bits per heavy atom. The second kappa shape index (κ2) is 9.43. The fourth-order valence-corrected chi connectivity index (χ4v) is 3.28. The fourth-order valence-electron chi connectivity index (χ4n) is 3.28. The average molecular weight is 387 g/mol. The topological polar surface area (TPSA) is 85.6 Å². The Morgan fingerprint density at radius 2 is 2.14 bits per heavy atom. The van der Waals surface area contributed by atoms with Gasteiger partial charge in [0.05, 0.1) is 19.7 Å². The van der Waals surface area contributed by atoms with Gasteiger partial charge in [-0.05, 0) is 45.7 Å². The van der Waals surface area contributed by atoms with Crippen LogP contribution in [-0.4, -0.2) is 47.0 Å². The van der Waals surface area contributed by atoms with Gasteiger partial charge in [0.15, 0.2) is 17.5 Å². The van der Waals surface area contributed by atoms with E-state index in [4.69, 9.17) is 14.5 Å². The molecule has 2 unspecified atom stereocenters. The molecule has 0 aliphatic carbocycles. The maximum absolute atomic E-state index is 6.00. The average Bonchev–Trinajstić information content (AvgIpc) is 3.08. The number of nitrogens with zero attached hydrogens (tertiary/aromatic N) is 4. The molecule has 1 aromatic carbocycles. The number of aliphatic imine (C=N–C) groups is 1. The van der Waals surface area contributed by atoms with Gasteiger partial charge in [-0.25, -0.2) is 14.7 Å². The second-order valence-electron chi connectivity index (χ2n) is 6.88. The van der Waals surface area contributed by atoms with E-state index in [1.54, 1.807) is 7.11 Å². The van der Waals surface area contributed by atoms with E-state index in [1.165, 1.54) is 0 Å². The van der Waals surface area contributed by atoms with E-state index in [2.05, 4.69) is 27.6 Å². The molecule has 1 aromatic heterocycles. The molecule has 0 amide bonds. The maximum atomic E-state index is 6.00. The van der Waals surface area contributed by atoms with Crippen LogP contribution in [0.1, 0.15) is 44.4 Å². The molecule has 0 fully saturated rings. The molecule has 2 N–H and O–H groups in total. The third-order valence-corrected chi connectivity index (χ3v) is 4.54. The molecule has 0 saturated carbocycles. The molecule has 0 spiro atoms. The van der Waals surface area contributed by atoms with E-state index in [9.17, 15) is 0 Å². The lowest BCUT2D eigenvalue weighted by molar-refractivity contribution is 0.219. The quantitative estimate of drug-likeness (QED) is 0.562. The molecule has 1 aliphatic rings. The summed E-state index contributed by atoms with van der Waals surface area (Å²) in [5.74, 6) is 4.00. The normalized spacial score (nSPS) is 17.6. The first-order valence-electron chi connectivity index (χ1n) is 9.86. The highest BCUT2D eigenvalue weighted by Gasteiger charge is 2.24. The highest BCUT2D eigenvalue weighted by Crippen LogP contribution is 2.27. The molecule has 3 rings (SSSR count). The smallest absolute Gasteiger partial charge is 0.191 e. The summed E-state index contributed by atoms with van der Waals surface area (Å²) >= 11 is 0. The van der Waals surface area contributed by atoms with Crippen LogP contribution in [0.3, 0.4) is 0 Å². The lowest BCUT2D eigenvalue weighted by Crippen LogP contribution is -2.42. The number of aromatic nitrogens is 3. The van der Waals surface area contributed by atoms with Crippen LogP contribution in [0.25, 0.3) is 0 Å². The maximum Gasteiger partial charge on any atom is 0.191 e. The van der Waals surface area contributed by atoms with Crippen LogP contribution >= 0.6 is 0 Å². The molecule has 2 heterocycles. The standard InChI is InChI=1S/C20H30N6O2/c1-5-21-20(24-16-9-8-12-26-19(16)23-15(3)25-26)22-13-14(2)28-18-11-7-6-10-17(18)27-4/h6-7,10-11,14,16H,5,8-9,12-13H2,1-4H3,(H2,21,22,24). The molecule has 1 aliphatic heterocycles. The Kier molecular flexibility index (Phi) is 6.73. The predicted octanol–water partition coefficient (Wildman–Crippen LogP) is 2.45. The molecule has 0 bridgehead atoms. The number of methoxy groups -OCH3 is 1. The summed E-state index contributed by atoms with van der Waals surface area (Å²) < 4.78 is 13.3. The van der Waals surface area contributed by atoms with Crippen molar-refractivity contribution in [3.63, 3.8) is 0 Å². The monoisotopic (exact) mass is 386 g/mol. The highest BCUT2D eigenvalue weighted by molar-refractivity contribution is 5.80. The van der Waals surface area contributed by atoms with Crippen LogP contribution in [-0.2, 0) is 6.54 Å². The van der Waals surface area contributed by atoms with Crippen molar-refractivity contribution in [1.29, 1.82) is 0 Å². The van der Waals surface area contributed by atoms with Crippen LogP contribution in [0.5, 0.6) is 11.5 Å². The first-order valence-corrected chi connectivity index (χ1v) is 9.86. The number of guanidine groups is 1. The van der Waals surface area contributed by atoms with Crippen molar-refractivity contribution in [2.75, 3.05) is 20.2 Å². The molecule has 2 aromatic rings. The molecular formula is C20H30N6O2. The summed E-state index contributed by atoms with van der Waals surface area (Å²) in [6, 6.07) is 7.75. The summed E-state index contributed by atoms with van der Waals surface area (Å²) in [5, 5.41) is 11.3. The SMILES string of the molecule is CCNC(=NCC(C)Oc1ccccc1OC)NC1CCCn2nc(C)nc21. The third-order valence-electron chi connectivity index (χ3n) is 4.54. The van der Waals surface area contributed by atoms with Gasteiger partial charge in [-0.1, -0.05) is 12.1 Å². The zero-order valence-corrected chi connectivity index (χ0v) is 17.1. The van der Waals surface area contributed by atoms with Crippen molar-refractivity contribution in [2.24, 2.45) is 4.99 Å². The third kappa shape index (κ3) is 4.94. The largest absolute Gasteiger partial charge is 0.493 e. The zero-order valence-electron chi connectivity index (χ0n) is 17.1. The van der Waals surface area contributed by atoms with Gasteiger partial charge in [-0.2, -0.15) is 5.10 Å². The van der Waals surface area contributed by atoms with E-state index < -0.39 is 0 Å². The molecule has 2 atom stereocenters. The van der Waals surface area contributed by atoms with Gasteiger partial charge < -0.3 is 20.1 Å². The van der Waals surface area contributed by atoms with Crippen molar-refractivity contribution in [1.82, 2.24) is 25.4 Å². The predicted molar refractivity (Wildman–Crippen MR) is 109 cm³/mol. The Morgan fingerprint density at radius 3 is 2.89 bits per heavy atom. The molecule has 8 heteroatoms. The number of ether oxygens (including phenoxy) is 2. The number of fused-ring (bicyclic) bond motifs is 1. The second-order valence-corrected chi connectivity index (χ2v) is 6.88. The molecule has 28 heavy (non-hydrogen) atoms. The Hall–Kier alpha value is -2.77. The van der Waals surface area contributed by atoms with Crippen molar-refractivity contribution in [2.45, 2.75) is 52.3 Å². The summed E-state index contributed by atoms with van der Waals surface area (Å²) in [6.07, 6.45) is 1.99. The van der Waals surface area contributed by atoms with Gasteiger partial charge in [-0.3, -0.25) is 0 Å². The zero-order chi connectivity index (χ0) is 19.9. The van der Waals surface area contributed by atoms with Crippen molar-refractivity contribution < 1.29 is 9.47 Å². The number of hydrogen-bond donors (Lipinski definition) is 2. The van der Waals surface area contributed by atoms with Crippen molar-refractivity contribution in [3.8, 4) is 11.5 Å². The minimum Gasteiger partial charge on any atom is -0.493 e. The van der Waals surface area contributed by atoms with E-state index in [-0.39, 0.29) is 12.1 Å². The summed E-state index contributed by atoms with van der Waals surface area (Å²) in [6.45, 7) is 8.21. The van der Waals surface area contributed by atoms with Crippen LogP contribution in [0, 0.1) is 6.92 Å². The Labute approximate surface area is 166 Å². The fraction of sp³-hybridized carbons (Fsp3) is 0.550. The Balaban J connectivity index is 1.64. The van der Waals surface area contributed by atoms with Gasteiger partial charge >= 0.3 is 0 Å². The first-order chi connectivity index (χ1) is 13.6. The van der Waals surface area contributed by atoms with E-state index >= 15 is 0 Å². The molecular weight excluding hydrogens is 356 g/mol. The van der Waals surface area contributed by atoms with Gasteiger partial charge in [0.1, 0.15) is 17.8 Å². The van der Waals surface area contributed by atoms with E-state index in [0.717, 1.165) is 55.0 Å². The minimum absolute atomic E-state index is 0.0935. The number of benzene rings is 1. The number of hydrogen-bond acceptors (Lipinski definition) is 5. The van der Waals surface area contributed by atoms with Crippen LogP contribution in [0.4, 0.5) is 0 Å². The van der Waals surface area contributed by atoms with Gasteiger partial charge in [0.25, 0.3) is 0 Å². The summed E-state index contributed by atoms with van der Waals surface area (Å²) in [4.78, 5) is 9.29. The van der Waals surface area contributed by atoms with Gasteiger partial charge in [-0.15, -0.1) is 0 Å². The number of para-hydroxylation sites is 2. The molecule has 152 valence electrons. The number of rotatable bonds is 7. The van der Waals surface area contributed by atoms with Crippen LogP contribution in [0.2, 0.25) is 0 Å². The lowest BCUT2D eigenvalue weighted by atomic mass is 10.1. The van der Waals surface area contributed by atoms with Gasteiger partial charge in [0.2, 0.25) is 0 Å². The highest BCUT2D eigenvalue weighted by atomic mass is 16.5. The number of aryl methyl sites for hydroxylation is 2. The lowest BCUT2D eigenvalue weighted by Gasteiger charge is -2.25. The van der Waals surface area contributed by atoms with Gasteiger partial charge in [0, 0.05) is 13.1 Å². The van der Waals surface area contributed by atoms with Crippen LogP contribution in [0.15, 0.2) is 29.3 Å². The molecule has 0 saturated heterocycles. The van der Waals surface area contributed by atoms with E-state index in [0.29, 0.717) is 6.54 Å². The molecule has 0 radical (unpaired) electrons. The number of nitrogens with one attached hydrogen (secondary N) is 2. The first kappa shape index (κ1) is 20.0. The van der Waals surface area contributed by atoms with Crippen LogP contribution < -0.4 is 20.1 Å². The summed E-state index contributed by atoms with van der Waals surface area (Å²) in [5.41, 5.74) is 0. The summed E-state index contributed by atoms with van der Waals surface area (Å²) in [7, 11) is 1.64. The molecule has 8 nitrogen and oxygen atoms in total. The van der Waals surface area contributed by atoms with E-state index in [1.807, 2.05) is 42.8 Å². The van der Waals surface area contributed by atoms with Crippen molar-refractivity contribution >= 4 is 5.96 Å². The Bertz CT molecular complexity index is 804. The van der Waals surface area contributed by atoms with Crippen molar-refractivity contribution in [3.05, 3.63) is 35.9 Å².